The van der Waals surface area contributed by atoms with Gasteiger partial charge in [-0.3, -0.25) is 10.00 Å². The van der Waals surface area contributed by atoms with Gasteiger partial charge in [0, 0.05) is 42.5 Å². The van der Waals surface area contributed by atoms with E-state index in [9.17, 15) is 0 Å². The van der Waals surface area contributed by atoms with Crippen molar-refractivity contribution in [3.05, 3.63) is 88.7 Å². The van der Waals surface area contributed by atoms with Crippen LogP contribution in [0.1, 0.15) is 28.1 Å². The zero-order chi connectivity index (χ0) is 21.2. The molecule has 31 heavy (non-hydrogen) atoms. The standard InChI is InChI=1S/C25H26N6/c1-17-8-10-20(11-9-17)24-26-22-16-31(15-19-6-4-3-5-7-19)13-12-21(22)25(28-24)27-23-14-18(2)29-30-23/h3-11,14H,12-13,15-16H2,1-2H3,(H2,26,27,28,29,30). The van der Waals surface area contributed by atoms with Crippen LogP contribution in [0.4, 0.5) is 11.6 Å². The van der Waals surface area contributed by atoms with Crippen LogP contribution in [-0.2, 0) is 19.5 Å². The van der Waals surface area contributed by atoms with E-state index in [2.05, 4.69) is 81.9 Å². The molecule has 0 bridgehead atoms. The van der Waals surface area contributed by atoms with E-state index in [0.717, 1.165) is 60.5 Å². The summed E-state index contributed by atoms with van der Waals surface area (Å²) in [7, 11) is 0. The number of fused-ring (bicyclic) bond motifs is 1. The number of hydrogen-bond donors (Lipinski definition) is 2. The maximum Gasteiger partial charge on any atom is 0.161 e. The third-order valence-electron chi connectivity index (χ3n) is 5.66. The van der Waals surface area contributed by atoms with Crippen molar-refractivity contribution in [1.82, 2.24) is 25.1 Å². The van der Waals surface area contributed by atoms with Crippen molar-refractivity contribution < 1.29 is 0 Å². The second-order valence-electron chi connectivity index (χ2n) is 8.19. The average molecular weight is 411 g/mol. The second kappa shape index (κ2) is 8.32. The molecule has 2 aromatic heterocycles. The van der Waals surface area contributed by atoms with Gasteiger partial charge in [-0.05, 0) is 25.8 Å². The smallest absolute Gasteiger partial charge is 0.161 e. The number of benzene rings is 2. The van der Waals surface area contributed by atoms with E-state index in [1.807, 2.05) is 13.0 Å². The molecule has 0 unspecified atom stereocenters. The monoisotopic (exact) mass is 410 g/mol. The molecule has 1 aliphatic heterocycles. The van der Waals surface area contributed by atoms with Crippen LogP contribution in [0.5, 0.6) is 0 Å². The predicted octanol–water partition coefficient (Wildman–Crippen LogP) is 4.79. The van der Waals surface area contributed by atoms with Gasteiger partial charge in [0.05, 0.1) is 5.69 Å². The average Bonchev–Trinajstić information content (AvgIpc) is 3.19. The van der Waals surface area contributed by atoms with Crippen LogP contribution in [0, 0.1) is 13.8 Å². The molecule has 6 nitrogen and oxygen atoms in total. The van der Waals surface area contributed by atoms with Crippen molar-refractivity contribution in [2.24, 2.45) is 0 Å². The van der Waals surface area contributed by atoms with Gasteiger partial charge in [0.15, 0.2) is 11.6 Å². The van der Waals surface area contributed by atoms with Crippen LogP contribution in [0.15, 0.2) is 60.7 Å². The molecular weight excluding hydrogens is 384 g/mol. The summed E-state index contributed by atoms with van der Waals surface area (Å²) in [5.74, 6) is 2.38. The van der Waals surface area contributed by atoms with E-state index in [-0.39, 0.29) is 0 Å². The predicted molar refractivity (Wildman–Crippen MR) is 123 cm³/mol. The van der Waals surface area contributed by atoms with E-state index in [1.54, 1.807) is 0 Å². The third kappa shape index (κ3) is 4.34. The van der Waals surface area contributed by atoms with Gasteiger partial charge < -0.3 is 5.32 Å². The van der Waals surface area contributed by atoms with Crippen LogP contribution in [0.2, 0.25) is 0 Å². The Morgan fingerprint density at radius 2 is 1.81 bits per heavy atom. The van der Waals surface area contributed by atoms with Crippen LogP contribution >= 0.6 is 0 Å². The van der Waals surface area contributed by atoms with E-state index < -0.39 is 0 Å². The second-order valence-corrected chi connectivity index (χ2v) is 8.19. The number of nitrogens with zero attached hydrogens (tertiary/aromatic N) is 4. The number of aromatic nitrogens is 4. The van der Waals surface area contributed by atoms with Crippen LogP contribution in [-0.4, -0.2) is 31.6 Å². The molecule has 2 aromatic carbocycles. The summed E-state index contributed by atoms with van der Waals surface area (Å²) in [5.41, 5.74) is 6.85. The van der Waals surface area contributed by atoms with E-state index in [1.165, 1.54) is 16.7 Å². The number of aryl methyl sites for hydroxylation is 2. The molecule has 0 aliphatic carbocycles. The highest BCUT2D eigenvalue weighted by Gasteiger charge is 2.23. The molecule has 5 rings (SSSR count). The number of aromatic amines is 1. The fourth-order valence-corrected chi connectivity index (χ4v) is 4.00. The lowest BCUT2D eigenvalue weighted by molar-refractivity contribution is 0.241. The first-order valence-corrected chi connectivity index (χ1v) is 10.7. The molecule has 3 heterocycles. The van der Waals surface area contributed by atoms with Gasteiger partial charge in [-0.2, -0.15) is 5.10 Å². The van der Waals surface area contributed by atoms with Crippen molar-refractivity contribution in [2.45, 2.75) is 33.4 Å². The van der Waals surface area contributed by atoms with Crippen molar-refractivity contribution in [1.29, 1.82) is 0 Å². The summed E-state index contributed by atoms with van der Waals surface area (Å²) in [6.07, 6.45) is 0.905. The molecule has 156 valence electrons. The minimum Gasteiger partial charge on any atom is -0.323 e. The van der Waals surface area contributed by atoms with Crippen molar-refractivity contribution >= 4 is 11.6 Å². The van der Waals surface area contributed by atoms with Gasteiger partial charge in [-0.25, -0.2) is 9.97 Å². The Labute approximate surface area is 182 Å². The van der Waals surface area contributed by atoms with E-state index >= 15 is 0 Å². The largest absolute Gasteiger partial charge is 0.323 e. The zero-order valence-electron chi connectivity index (χ0n) is 17.9. The lowest BCUT2D eigenvalue weighted by Crippen LogP contribution is -2.31. The molecule has 1 aliphatic rings. The molecule has 0 saturated carbocycles. The third-order valence-corrected chi connectivity index (χ3v) is 5.66. The molecule has 0 spiro atoms. The topological polar surface area (TPSA) is 69.7 Å². The normalized spacial score (nSPS) is 13.7. The minimum atomic E-state index is 0.745. The number of H-pyrrole nitrogens is 1. The Balaban J connectivity index is 1.50. The van der Waals surface area contributed by atoms with Crippen molar-refractivity contribution in [3.8, 4) is 11.4 Å². The quantitative estimate of drug-likeness (QED) is 0.495. The van der Waals surface area contributed by atoms with Gasteiger partial charge in [-0.1, -0.05) is 60.2 Å². The van der Waals surface area contributed by atoms with Gasteiger partial charge in [0.1, 0.15) is 5.82 Å². The molecule has 6 heteroatoms. The van der Waals surface area contributed by atoms with Gasteiger partial charge in [0.25, 0.3) is 0 Å². The maximum absolute atomic E-state index is 4.99. The summed E-state index contributed by atoms with van der Waals surface area (Å²) in [6.45, 7) is 6.79. The lowest BCUT2D eigenvalue weighted by atomic mass is 10.0. The molecule has 2 N–H and O–H groups in total. The van der Waals surface area contributed by atoms with Crippen molar-refractivity contribution in [3.63, 3.8) is 0 Å². The summed E-state index contributed by atoms with van der Waals surface area (Å²) in [4.78, 5) is 12.3. The number of nitrogens with one attached hydrogen (secondary N) is 2. The first-order chi connectivity index (χ1) is 15.1. The van der Waals surface area contributed by atoms with Crippen molar-refractivity contribution in [2.75, 3.05) is 11.9 Å². The SMILES string of the molecule is Cc1ccc(-c2nc3c(c(Nc4cc(C)[nH]n4)n2)CCN(Cc2ccccc2)C3)cc1. The number of rotatable bonds is 5. The highest BCUT2D eigenvalue weighted by atomic mass is 15.2. The van der Waals surface area contributed by atoms with E-state index in [4.69, 9.17) is 9.97 Å². The van der Waals surface area contributed by atoms with Gasteiger partial charge >= 0.3 is 0 Å². The van der Waals surface area contributed by atoms with Crippen LogP contribution < -0.4 is 5.32 Å². The Morgan fingerprint density at radius 3 is 2.55 bits per heavy atom. The highest BCUT2D eigenvalue weighted by Crippen LogP contribution is 2.29. The molecule has 0 radical (unpaired) electrons. The Kier molecular flexibility index (Phi) is 5.22. The summed E-state index contributed by atoms with van der Waals surface area (Å²) < 4.78 is 0. The molecule has 0 saturated heterocycles. The fraction of sp³-hybridized carbons (Fsp3) is 0.240. The van der Waals surface area contributed by atoms with Gasteiger partial charge in [-0.15, -0.1) is 0 Å². The minimum absolute atomic E-state index is 0.745. The Bertz CT molecular complexity index is 1180. The zero-order valence-corrected chi connectivity index (χ0v) is 17.9. The summed E-state index contributed by atoms with van der Waals surface area (Å²) in [6, 6.07) is 21.0. The number of anilines is 2. The summed E-state index contributed by atoms with van der Waals surface area (Å²) in [5, 5.41) is 10.8. The van der Waals surface area contributed by atoms with Crippen LogP contribution in [0.3, 0.4) is 0 Å². The van der Waals surface area contributed by atoms with E-state index in [0.29, 0.717) is 0 Å². The molecular formula is C25H26N6. The lowest BCUT2D eigenvalue weighted by Gasteiger charge is -2.29. The first kappa shape index (κ1) is 19.5. The first-order valence-electron chi connectivity index (χ1n) is 10.7. The molecule has 0 atom stereocenters. The maximum atomic E-state index is 4.99. The number of hydrogen-bond acceptors (Lipinski definition) is 5. The molecule has 0 amide bonds. The summed E-state index contributed by atoms with van der Waals surface area (Å²) >= 11 is 0. The highest BCUT2D eigenvalue weighted by molar-refractivity contribution is 5.64. The fourth-order valence-electron chi connectivity index (χ4n) is 4.00. The van der Waals surface area contributed by atoms with Crippen LogP contribution in [0.25, 0.3) is 11.4 Å². The molecule has 4 aromatic rings. The Hall–Kier alpha value is -3.51. The Morgan fingerprint density at radius 1 is 1.00 bits per heavy atom. The molecule has 0 fully saturated rings. The van der Waals surface area contributed by atoms with Gasteiger partial charge in [0.2, 0.25) is 0 Å².